The van der Waals surface area contributed by atoms with Gasteiger partial charge in [-0.05, 0) is 67.4 Å². The highest BCUT2D eigenvalue weighted by Gasteiger charge is 2.46. The summed E-state index contributed by atoms with van der Waals surface area (Å²) in [6.45, 7) is 0. The van der Waals surface area contributed by atoms with E-state index in [-0.39, 0.29) is 0 Å². The molecule has 10 rings (SSSR count). The molecule has 0 bridgehead atoms. The Kier molecular flexibility index (Phi) is 6.75. The number of hydrogen-bond acceptors (Lipinski definition) is 2. The van der Waals surface area contributed by atoms with Crippen LogP contribution in [0.4, 0.5) is 0 Å². The van der Waals surface area contributed by atoms with Gasteiger partial charge in [0, 0.05) is 16.5 Å². The van der Waals surface area contributed by atoms with Crippen molar-refractivity contribution in [1.82, 2.24) is 9.97 Å². The molecule has 1 aliphatic carbocycles. The van der Waals surface area contributed by atoms with Crippen LogP contribution in [0.1, 0.15) is 22.3 Å². The Balaban J connectivity index is 1.18. The van der Waals surface area contributed by atoms with Crippen LogP contribution >= 0.6 is 0 Å². The zero-order valence-electron chi connectivity index (χ0n) is 27.9. The van der Waals surface area contributed by atoms with Gasteiger partial charge >= 0.3 is 0 Å². The first-order chi connectivity index (χ1) is 25.3. The van der Waals surface area contributed by atoms with Crippen LogP contribution in [-0.4, -0.2) is 9.97 Å². The maximum absolute atomic E-state index is 5.17. The first kappa shape index (κ1) is 29.3. The molecular weight excluding hydrogens is 617 g/mol. The average Bonchev–Trinajstić information content (AvgIpc) is 3.53. The van der Waals surface area contributed by atoms with Crippen molar-refractivity contribution < 1.29 is 0 Å². The van der Waals surface area contributed by atoms with Gasteiger partial charge in [-0.25, -0.2) is 9.97 Å². The summed E-state index contributed by atoms with van der Waals surface area (Å²) in [4.78, 5) is 10.2. The first-order valence-electron chi connectivity index (χ1n) is 17.5. The van der Waals surface area contributed by atoms with E-state index < -0.39 is 5.41 Å². The molecule has 1 aromatic heterocycles. The summed E-state index contributed by atoms with van der Waals surface area (Å²) in [5, 5.41) is 3.53. The lowest BCUT2D eigenvalue weighted by Crippen LogP contribution is -2.28. The summed E-state index contributed by atoms with van der Waals surface area (Å²) in [5.41, 5.74) is 13.6. The molecule has 238 valence electrons. The summed E-state index contributed by atoms with van der Waals surface area (Å²) in [5.74, 6) is 0.722. The summed E-state index contributed by atoms with van der Waals surface area (Å²) >= 11 is 0. The third kappa shape index (κ3) is 4.50. The van der Waals surface area contributed by atoms with Crippen molar-refractivity contribution in [2.45, 2.75) is 5.41 Å². The van der Waals surface area contributed by atoms with Gasteiger partial charge in [-0.1, -0.05) is 182 Å². The number of aromatic nitrogens is 2. The molecule has 1 heterocycles. The maximum atomic E-state index is 5.17. The minimum Gasteiger partial charge on any atom is -0.228 e. The van der Waals surface area contributed by atoms with E-state index in [1.54, 1.807) is 0 Å². The predicted molar refractivity (Wildman–Crippen MR) is 211 cm³/mol. The lowest BCUT2D eigenvalue weighted by molar-refractivity contribution is 0.769. The van der Waals surface area contributed by atoms with Crippen LogP contribution in [0.5, 0.6) is 0 Å². The van der Waals surface area contributed by atoms with Gasteiger partial charge in [0.15, 0.2) is 5.82 Å². The molecule has 0 fully saturated rings. The molecule has 0 spiro atoms. The monoisotopic (exact) mass is 648 g/mol. The van der Waals surface area contributed by atoms with Crippen LogP contribution in [-0.2, 0) is 5.41 Å². The summed E-state index contributed by atoms with van der Waals surface area (Å²) in [6, 6.07) is 69.8. The number of rotatable bonds is 5. The second-order valence-electron chi connectivity index (χ2n) is 13.3. The van der Waals surface area contributed by atoms with E-state index in [0.717, 1.165) is 39.1 Å². The summed E-state index contributed by atoms with van der Waals surface area (Å²) < 4.78 is 0. The van der Waals surface area contributed by atoms with Crippen molar-refractivity contribution >= 4 is 21.7 Å². The molecule has 1 aliphatic rings. The van der Waals surface area contributed by atoms with Crippen LogP contribution in [0.25, 0.3) is 66.6 Å². The normalized spacial score (nSPS) is 12.9. The van der Waals surface area contributed by atoms with Gasteiger partial charge in [0.25, 0.3) is 0 Å². The molecule has 0 unspecified atom stereocenters. The number of para-hydroxylation sites is 1. The minimum atomic E-state index is -0.428. The van der Waals surface area contributed by atoms with E-state index in [1.165, 1.54) is 49.7 Å². The highest BCUT2D eigenvalue weighted by atomic mass is 14.9. The smallest absolute Gasteiger partial charge is 0.160 e. The lowest BCUT2D eigenvalue weighted by atomic mass is 9.67. The molecule has 0 saturated heterocycles. The Morgan fingerprint density at radius 3 is 1.73 bits per heavy atom. The molecule has 0 saturated carbocycles. The van der Waals surface area contributed by atoms with Gasteiger partial charge < -0.3 is 0 Å². The number of benzene rings is 8. The Bertz CT molecular complexity index is 2690. The topological polar surface area (TPSA) is 25.8 Å². The maximum Gasteiger partial charge on any atom is 0.160 e. The van der Waals surface area contributed by atoms with E-state index >= 15 is 0 Å². The van der Waals surface area contributed by atoms with Crippen LogP contribution in [0.2, 0.25) is 0 Å². The Labute approximate surface area is 297 Å². The third-order valence-electron chi connectivity index (χ3n) is 10.6. The molecule has 2 nitrogen and oxygen atoms in total. The van der Waals surface area contributed by atoms with Crippen LogP contribution < -0.4 is 0 Å². The van der Waals surface area contributed by atoms with Gasteiger partial charge in [-0.2, -0.15) is 0 Å². The first-order valence-corrected chi connectivity index (χ1v) is 17.5. The second kappa shape index (κ2) is 11.8. The molecular formula is C49H32N2. The molecule has 0 aliphatic heterocycles. The lowest BCUT2D eigenvalue weighted by Gasteiger charge is -2.34. The van der Waals surface area contributed by atoms with Crippen LogP contribution in [0.15, 0.2) is 194 Å². The Hall–Kier alpha value is -6.64. The van der Waals surface area contributed by atoms with Gasteiger partial charge in [0.2, 0.25) is 0 Å². The summed E-state index contributed by atoms with van der Waals surface area (Å²) in [6.07, 6.45) is 0. The van der Waals surface area contributed by atoms with Gasteiger partial charge in [0.1, 0.15) is 0 Å². The number of hydrogen-bond donors (Lipinski definition) is 0. The van der Waals surface area contributed by atoms with Crippen LogP contribution in [0, 0.1) is 0 Å². The Morgan fingerprint density at radius 1 is 0.353 bits per heavy atom. The highest BCUT2D eigenvalue weighted by Crippen LogP contribution is 2.58. The fourth-order valence-electron chi connectivity index (χ4n) is 8.40. The van der Waals surface area contributed by atoms with Gasteiger partial charge in [-0.3, -0.25) is 0 Å². The fourth-order valence-corrected chi connectivity index (χ4v) is 8.40. The molecule has 2 heteroatoms. The fraction of sp³-hybridized carbons (Fsp3) is 0.0204. The van der Waals surface area contributed by atoms with Crippen molar-refractivity contribution in [3.8, 4) is 44.9 Å². The van der Waals surface area contributed by atoms with Gasteiger partial charge in [-0.15, -0.1) is 0 Å². The number of fused-ring (bicyclic) bond motifs is 6. The van der Waals surface area contributed by atoms with Crippen LogP contribution in [0.3, 0.4) is 0 Å². The van der Waals surface area contributed by atoms with Crippen molar-refractivity contribution in [3.63, 3.8) is 0 Å². The minimum absolute atomic E-state index is 0.428. The third-order valence-corrected chi connectivity index (χ3v) is 10.6. The SMILES string of the molecule is c1ccc(-c2nc(-c3cccc(-c4cccc5c6c(ccc45)C(c4ccccc4)(c4ccccc4)c4ccccc4-6)c3)nc3ccccc23)cc1. The van der Waals surface area contributed by atoms with E-state index in [4.69, 9.17) is 9.97 Å². The molecule has 9 aromatic rings. The molecule has 0 amide bonds. The summed E-state index contributed by atoms with van der Waals surface area (Å²) in [7, 11) is 0. The highest BCUT2D eigenvalue weighted by molar-refractivity contribution is 6.09. The largest absolute Gasteiger partial charge is 0.228 e. The molecule has 51 heavy (non-hydrogen) atoms. The van der Waals surface area contributed by atoms with Gasteiger partial charge in [0.05, 0.1) is 16.6 Å². The quantitative estimate of drug-likeness (QED) is 0.186. The van der Waals surface area contributed by atoms with Crippen molar-refractivity contribution in [3.05, 3.63) is 216 Å². The van der Waals surface area contributed by atoms with Crippen molar-refractivity contribution in [1.29, 1.82) is 0 Å². The Morgan fingerprint density at radius 2 is 0.941 bits per heavy atom. The van der Waals surface area contributed by atoms with E-state index in [1.807, 2.05) is 12.1 Å². The predicted octanol–water partition coefficient (Wildman–Crippen LogP) is 12.1. The van der Waals surface area contributed by atoms with E-state index in [9.17, 15) is 0 Å². The van der Waals surface area contributed by atoms with Crippen molar-refractivity contribution in [2.75, 3.05) is 0 Å². The molecule has 0 atom stereocenters. The molecule has 0 radical (unpaired) electrons. The van der Waals surface area contributed by atoms with Crippen molar-refractivity contribution in [2.24, 2.45) is 0 Å². The molecule has 8 aromatic carbocycles. The standard InChI is InChI=1S/C49H32N2/c1-4-16-33(17-5-1)47-42-25-11-13-29-45(42)50-48(51-47)35-19-14-18-34(32-35)38-26-15-27-40-39(38)30-31-44-46(40)41-24-10-12-28-43(41)49(44,36-20-6-2-7-21-36)37-22-8-3-9-23-37/h1-32H. The second-order valence-corrected chi connectivity index (χ2v) is 13.3. The molecule has 0 N–H and O–H groups in total. The van der Waals surface area contributed by atoms with E-state index in [2.05, 4.69) is 182 Å². The zero-order chi connectivity index (χ0) is 33.8. The number of nitrogens with zero attached hydrogens (tertiary/aromatic N) is 2. The van der Waals surface area contributed by atoms with E-state index in [0.29, 0.717) is 0 Å². The zero-order valence-corrected chi connectivity index (χ0v) is 27.9. The average molecular weight is 649 g/mol.